The molecule has 1 aliphatic rings. The molecule has 0 bridgehead atoms. The van der Waals surface area contributed by atoms with Crippen molar-refractivity contribution in [1.82, 2.24) is 4.90 Å². The van der Waals surface area contributed by atoms with Gasteiger partial charge in [0, 0.05) is 24.3 Å². The molecule has 1 fully saturated rings. The third kappa shape index (κ3) is 3.42. The van der Waals surface area contributed by atoms with Gasteiger partial charge in [-0.2, -0.15) is 17.0 Å². The van der Waals surface area contributed by atoms with Crippen molar-refractivity contribution in [3.63, 3.8) is 0 Å². The Morgan fingerprint density at radius 3 is 2.87 bits per heavy atom. The van der Waals surface area contributed by atoms with Crippen LogP contribution in [0.1, 0.15) is 26.7 Å². The summed E-state index contributed by atoms with van der Waals surface area (Å²) in [6.45, 7) is 4.60. The van der Waals surface area contributed by atoms with Gasteiger partial charge in [-0.05, 0) is 26.0 Å². The number of thioether (sulfide) groups is 1. The number of nitrogens with zero attached hydrogens (tertiary/aromatic N) is 2. The molecule has 0 spiro atoms. The molecule has 0 aromatic rings. The van der Waals surface area contributed by atoms with E-state index in [1.165, 1.54) is 0 Å². The lowest BCUT2D eigenvalue weighted by Crippen LogP contribution is -2.41. The quantitative estimate of drug-likeness (QED) is 0.735. The van der Waals surface area contributed by atoms with Gasteiger partial charge < -0.3 is 4.90 Å². The zero-order valence-electron chi connectivity index (χ0n) is 9.40. The van der Waals surface area contributed by atoms with E-state index in [0.29, 0.717) is 13.0 Å². The smallest absolute Gasteiger partial charge is 0.226 e. The SMILES string of the molecule is CC(C)N(CCC#N)C(=O)C1CCSC1. The van der Waals surface area contributed by atoms with E-state index in [9.17, 15) is 4.79 Å². The highest BCUT2D eigenvalue weighted by atomic mass is 32.2. The molecule has 1 heterocycles. The zero-order valence-corrected chi connectivity index (χ0v) is 10.2. The third-order valence-corrected chi connectivity index (χ3v) is 3.81. The number of hydrogen-bond donors (Lipinski definition) is 0. The summed E-state index contributed by atoms with van der Waals surface area (Å²) in [5, 5.41) is 8.55. The molecule has 15 heavy (non-hydrogen) atoms. The second-order valence-electron chi connectivity index (χ2n) is 4.09. The molecule has 1 amide bonds. The highest BCUT2D eigenvalue weighted by Gasteiger charge is 2.28. The van der Waals surface area contributed by atoms with Gasteiger partial charge in [0.2, 0.25) is 5.91 Å². The van der Waals surface area contributed by atoms with E-state index in [4.69, 9.17) is 5.26 Å². The number of carbonyl (C=O) groups is 1. The molecule has 0 radical (unpaired) electrons. The minimum absolute atomic E-state index is 0.191. The molecule has 0 saturated carbocycles. The van der Waals surface area contributed by atoms with Crippen LogP contribution in [0.2, 0.25) is 0 Å². The van der Waals surface area contributed by atoms with Crippen molar-refractivity contribution in [2.24, 2.45) is 5.92 Å². The lowest BCUT2D eigenvalue weighted by Gasteiger charge is -2.28. The fourth-order valence-electron chi connectivity index (χ4n) is 1.76. The van der Waals surface area contributed by atoms with E-state index in [0.717, 1.165) is 17.9 Å². The molecule has 1 rings (SSSR count). The fourth-order valence-corrected chi connectivity index (χ4v) is 2.97. The molecule has 0 N–H and O–H groups in total. The van der Waals surface area contributed by atoms with Crippen LogP contribution < -0.4 is 0 Å². The van der Waals surface area contributed by atoms with Crippen LogP contribution in [0.3, 0.4) is 0 Å². The summed E-state index contributed by atoms with van der Waals surface area (Å²) in [4.78, 5) is 13.9. The van der Waals surface area contributed by atoms with Crippen molar-refractivity contribution >= 4 is 17.7 Å². The fraction of sp³-hybridized carbons (Fsp3) is 0.818. The van der Waals surface area contributed by atoms with Crippen molar-refractivity contribution < 1.29 is 4.79 Å². The largest absolute Gasteiger partial charge is 0.339 e. The molecule has 0 aromatic heterocycles. The van der Waals surface area contributed by atoms with E-state index >= 15 is 0 Å². The number of carbonyl (C=O) groups excluding carboxylic acids is 1. The molecule has 3 nitrogen and oxygen atoms in total. The van der Waals surface area contributed by atoms with Crippen LogP contribution in [-0.4, -0.2) is 34.9 Å². The van der Waals surface area contributed by atoms with Crippen molar-refractivity contribution in [3.8, 4) is 6.07 Å². The lowest BCUT2D eigenvalue weighted by molar-refractivity contribution is -0.136. The molecule has 1 unspecified atom stereocenters. The summed E-state index contributed by atoms with van der Waals surface area (Å²) < 4.78 is 0. The zero-order chi connectivity index (χ0) is 11.3. The van der Waals surface area contributed by atoms with Gasteiger partial charge in [0.1, 0.15) is 0 Å². The first kappa shape index (κ1) is 12.4. The Kier molecular flexibility index (Phi) is 4.97. The minimum Gasteiger partial charge on any atom is -0.339 e. The predicted octanol–water partition coefficient (Wildman–Crippen LogP) is 1.89. The van der Waals surface area contributed by atoms with Gasteiger partial charge in [-0.15, -0.1) is 0 Å². The molecule has 1 aliphatic heterocycles. The Bertz CT molecular complexity index is 254. The van der Waals surface area contributed by atoms with Crippen LogP contribution in [0.5, 0.6) is 0 Å². The molecule has 1 atom stereocenters. The number of rotatable bonds is 4. The van der Waals surface area contributed by atoms with Crippen molar-refractivity contribution in [1.29, 1.82) is 5.26 Å². The number of nitriles is 1. The van der Waals surface area contributed by atoms with Crippen LogP contribution in [0, 0.1) is 17.2 Å². The lowest BCUT2D eigenvalue weighted by atomic mass is 10.1. The molecule has 0 aromatic carbocycles. The number of amides is 1. The molecule has 1 saturated heterocycles. The Hall–Kier alpha value is -0.690. The average Bonchev–Trinajstić information content (AvgIpc) is 2.70. The topological polar surface area (TPSA) is 44.1 Å². The van der Waals surface area contributed by atoms with Crippen LogP contribution in [0.25, 0.3) is 0 Å². The van der Waals surface area contributed by atoms with Gasteiger partial charge in [0.05, 0.1) is 12.5 Å². The summed E-state index contributed by atoms with van der Waals surface area (Å²) in [6, 6.07) is 2.30. The summed E-state index contributed by atoms with van der Waals surface area (Å²) in [7, 11) is 0. The third-order valence-electron chi connectivity index (χ3n) is 2.65. The summed E-state index contributed by atoms with van der Waals surface area (Å²) >= 11 is 1.85. The van der Waals surface area contributed by atoms with Gasteiger partial charge >= 0.3 is 0 Å². The van der Waals surface area contributed by atoms with Crippen molar-refractivity contribution in [3.05, 3.63) is 0 Å². The highest BCUT2D eigenvalue weighted by Crippen LogP contribution is 2.25. The van der Waals surface area contributed by atoms with Gasteiger partial charge in [0.15, 0.2) is 0 Å². The maximum atomic E-state index is 12.1. The molecule has 84 valence electrons. The van der Waals surface area contributed by atoms with E-state index < -0.39 is 0 Å². The van der Waals surface area contributed by atoms with Gasteiger partial charge in [0.25, 0.3) is 0 Å². The minimum atomic E-state index is 0.191. The molecule has 0 aliphatic carbocycles. The van der Waals surface area contributed by atoms with Crippen LogP contribution in [0.15, 0.2) is 0 Å². The summed E-state index contributed by atoms with van der Waals surface area (Å²) in [5.41, 5.74) is 0. The Labute approximate surface area is 95.8 Å². The van der Waals surface area contributed by atoms with Crippen LogP contribution in [0.4, 0.5) is 0 Å². The Morgan fingerprint density at radius 2 is 2.40 bits per heavy atom. The maximum Gasteiger partial charge on any atom is 0.226 e. The maximum absolute atomic E-state index is 12.1. The standard InChI is InChI=1S/C11H18N2OS/c1-9(2)13(6-3-5-12)11(14)10-4-7-15-8-10/h9-10H,3-4,6-8H2,1-2H3. The molecular formula is C11H18N2OS. The Morgan fingerprint density at radius 1 is 1.67 bits per heavy atom. The first-order chi connectivity index (χ1) is 7.16. The van der Waals surface area contributed by atoms with Gasteiger partial charge in [-0.1, -0.05) is 0 Å². The predicted molar refractivity (Wildman–Crippen MR) is 62.5 cm³/mol. The monoisotopic (exact) mass is 226 g/mol. The van der Waals surface area contributed by atoms with E-state index in [2.05, 4.69) is 6.07 Å². The van der Waals surface area contributed by atoms with Gasteiger partial charge in [-0.3, -0.25) is 4.79 Å². The summed E-state index contributed by atoms with van der Waals surface area (Å²) in [6.07, 6.45) is 1.43. The van der Waals surface area contributed by atoms with Crippen molar-refractivity contribution in [2.75, 3.05) is 18.1 Å². The van der Waals surface area contributed by atoms with Crippen molar-refractivity contribution in [2.45, 2.75) is 32.7 Å². The first-order valence-corrected chi connectivity index (χ1v) is 6.57. The first-order valence-electron chi connectivity index (χ1n) is 5.42. The molecular weight excluding hydrogens is 208 g/mol. The normalized spacial score (nSPS) is 20.3. The van der Waals surface area contributed by atoms with Gasteiger partial charge in [-0.25, -0.2) is 0 Å². The van der Waals surface area contributed by atoms with E-state index in [-0.39, 0.29) is 17.9 Å². The average molecular weight is 226 g/mol. The molecule has 4 heteroatoms. The highest BCUT2D eigenvalue weighted by molar-refractivity contribution is 7.99. The summed E-state index contributed by atoms with van der Waals surface area (Å²) in [5.74, 6) is 2.48. The van der Waals surface area contributed by atoms with E-state index in [1.807, 2.05) is 30.5 Å². The second-order valence-corrected chi connectivity index (χ2v) is 5.24. The second kappa shape index (κ2) is 6.02. The van der Waals surface area contributed by atoms with Crippen LogP contribution in [-0.2, 0) is 4.79 Å². The Balaban J connectivity index is 2.54. The number of hydrogen-bond acceptors (Lipinski definition) is 3. The van der Waals surface area contributed by atoms with E-state index in [1.54, 1.807) is 0 Å². The van der Waals surface area contributed by atoms with Crippen LogP contribution >= 0.6 is 11.8 Å².